The van der Waals surface area contributed by atoms with Gasteiger partial charge >= 0.3 is 5.97 Å². The van der Waals surface area contributed by atoms with E-state index in [0.717, 1.165) is 12.0 Å². The fraction of sp³-hybridized carbons (Fsp3) is 0.320. The number of ether oxygens (including phenoxy) is 1. The summed E-state index contributed by atoms with van der Waals surface area (Å²) in [5, 5.41) is 8.38. The number of hydrogen-bond donors (Lipinski definition) is 1. The van der Waals surface area contributed by atoms with E-state index in [1.54, 1.807) is 16.8 Å². The Morgan fingerprint density at radius 1 is 1.21 bits per heavy atom. The van der Waals surface area contributed by atoms with Crippen molar-refractivity contribution in [3.8, 4) is 0 Å². The highest BCUT2D eigenvalue weighted by Gasteiger charge is 2.35. The monoisotopic (exact) mass is 466 g/mol. The smallest absolute Gasteiger partial charge is 0.338 e. The summed E-state index contributed by atoms with van der Waals surface area (Å²) >= 11 is 1.35. The minimum absolute atomic E-state index is 0.245. The van der Waals surface area contributed by atoms with Crippen LogP contribution >= 0.6 is 11.8 Å². The summed E-state index contributed by atoms with van der Waals surface area (Å²) in [5.41, 5.74) is 3.89. The second-order valence-electron chi connectivity index (χ2n) is 8.16. The van der Waals surface area contributed by atoms with Gasteiger partial charge in [0.2, 0.25) is 11.1 Å². The summed E-state index contributed by atoms with van der Waals surface area (Å²) < 4.78 is 21.3. The molecule has 0 bridgehead atoms. The standard InChI is InChI=1S/C25H27FN4O2S/c1-5-17-10-12-18(13-11-17)22-21(23(31)32-15(2)3)16(4)27-24-28-25(29-30(22)24)33-14-19-8-6-7-9-20(19)26/h6-13,15,22H,5,14H2,1-4H3,(H,27,28,29). The van der Waals surface area contributed by atoms with Gasteiger partial charge in [-0.25, -0.2) is 13.9 Å². The van der Waals surface area contributed by atoms with Crippen LogP contribution in [0.15, 0.2) is 65.0 Å². The minimum Gasteiger partial charge on any atom is -0.459 e. The second kappa shape index (κ2) is 9.79. The highest BCUT2D eigenvalue weighted by molar-refractivity contribution is 7.98. The summed E-state index contributed by atoms with van der Waals surface area (Å²) in [7, 11) is 0. The lowest BCUT2D eigenvalue weighted by Crippen LogP contribution is -2.30. The number of allylic oxidation sites excluding steroid dienone is 1. The lowest BCUT2D eigenvalue weighted by atomic mass is 9.94. The SMILES string of the molecule is CCc1ccc(C2C(C(=O)OC(C)C)=C(C)Nc3nc(SCc4ccccc4F)nn32)cc1. The Bertz CT molecular complexity index is 1190. The first-order valence-electron chi connectivity index (χ1n) is 11.0. The van der Waals surface area contributed by atoms with Crippen molar-refractivity contribution in [1.29, 1.82) is 0 Å². The average molecular weight is 467 g/mol. The number of carbonyl (C=O) groups is 1. The second-order valence-corrected chi connectivity index (χ2v) is 9.10. The molecule has 3 aromatic rings. The van der Waals surface area contributed by atoms with Gasteiger partial charge in [-0.15, -0.1) is 5.10 Å². The van der Waals surface area contributed by atoms with Gasteiger partial charge < -0.3 is 10.1 Å². The Balaban J connectivity index is 1.70. The zero-order valence-electron chi connectivity index (χ0n) is 19.1. The third kappa shape index (κ3) is 4.95. The molecule has 0 saturated heterocycles. The molecule has 172 valence electrons. The summed E-state index contributed by atoms with van der Waals surface area (Å²) in [6, 6.07) is 14.3. The zero-order valence-corrected chi connectivity index (χ0v) is 19.9. The van der Waals surface area contributed by atoms with E-state index in [1.807, 2.05) is 39.0 Å². The molecule has 6 nitrogen and oxygen atoms in total. The number of rotatable bonds is 7. The van der Waals surface area contributed by atoms with Crippen LogP contribution < -0.4 is 5.32 Å². The van der Waals surface area contributed by atoms with Crippen molar-refractivity contribution < 1.29 is 13.9 Å². The number of fused-ring (bicyclic) bond motifs is 1. The molecule has 1 aromatic heterocycles. The van der Waals surface area contributed by atoms with Crippen LogP contribution in [0.2, 0.25) is 0 Å². The van der Waals surface area contributed by atoms with Crippen molar-refractivity contribution in [1.82, 2.24) is 14.8 Å². The Morgan fingerprint density at radius 2 is 1.94 bits per heavy atom. The molecular weight excluding hydrogens is 439 g/mol. The molecular formula is C25H27FN4O2S. The number of benzene rings is 2. The van der Waals surface area contributed by atoms with Gasteiger partial charge in [0, 0.05) is 11.4 Å². The van der Waals surface area contributed by atoms with E-state index in [4.69, 9.17) is 4.74 Å². The molecule has 2 heterocycles. The van der Waals surface area contributed by atoms with Crippen LogP contribution in [0, 0.1) is 5.82 Å². The Hall–Kier alpha value is -3.13. The Kier molecular flexibility index (Phi) is 6.83. The van der Waals surface area contributed by atoms with Crippen LogP contribution in [0.1, 0.15) is 50.4 Å². The van der Waals surface area contributed by atoms with E-state index in [0.29, 0.717) is 33.7 Å². The molecule has 0 amide bonds. The van der Waals surface area contributed by atoms with Gasteiger partial charge in [0.15, 0.2) is 0 Å². The van der Waals surface area contributed by atoms with Crippen LogP contribution in [0.4, 0.5) is 10.3 Å². The Morgan fingerprint density at radius 3 is 2.61 bits per heavy atom. The number of nitrogens with zero attached hydrogens (tertiary/aromatic N) is 3. The largest absolute Gasteiger partial charge is 0.459 e. The number of thioether (sulfide) groups is 1. The molecule has 2 aromatic carbocycles. The third-order valence-electron chi connectivity index (χ3n) is 5.41. The number of aromatic nitrogens is 3. The highest BCUT2D eigenvalue weighted by atomic mass is 32.2. The molecule has 1 aliphatic rings. The van der Waals surface area contributed by atoms with Crippen LogP contribution in [-0.2, 0) is 21.7 Å². The van der Waals surface area contributed by atoms with Gasteiger partial charge in [0.05, 0.1) is 11.7 Å². The lowest BCUT2D eigenvalue weighted by Gasteiger charge is -2.28. The molecule has 1 atom stereocenters. The van der Waals surface area contributed by atoms with Gasteiger partial charge in [-0.05, 0) is 49.9 Å². The molecule has 4 rings (SSSR count). The van der Waals surface area contributed by atoms with Crippen molar-refractivity contribution in [3.63, 3.8) is 0 Å². The average Bonchev–Trinajstić information content (AvgIpc) is 3.19. The molecule has 0 spiro atoms. The van der Waals surface area contributed by atoms with Crippen LogP contribution in [0.5, 0.6) is 0 Å². The van der Waals surface area contributed by atoms with Crippen molar-refractivity contribution in [2.45, 2.75) is 57.2 Å². The molecule has 8 heteroatoms. The number of halogens is 1. The lowest BCUT2D eigenvalue weighted by molar-refractivity contribution is -0.143. The molecule has 1 unspecified atom stereocenters. The van der Waals surface area contributed by atoms with Crippen molar-refractivity contribution in [2.75, 3.05) is 5.32 Å². The fourth-order valence-corrected chi connectivity index (χ4v) is 4.55. The molecule has 0 fully saturated rings. The maximum atomic E-state index is 14.0. The first-order valence-corrected chi connectivity index (χ1v) is 12.0. The van der Waals surface area contributed by atoms with E-state index in [-0.39, 0.29) is 17.9 Å². The van der Waals surface area contributed by atoms with E-state index in [1.165, 1.54) is 23.4 Å². The number of carbonyl (C=O) groups excluding carboxylic acids is 1. The quantitative estimate of drug-likeness (QED) is 0.366. The normalized spacial score (nSPS) is 15.4. The topological polar surface area (TPSA) is 69.0 Å². The number of nitrogens with one attached hydrogen (secondary N) is 1. The van der Waals surface area contributed by atoms with Crippen molar-refractivity contribution in [2.24, 2.45) is 0 Å². The number of esters is 1. The van der Waals surface area contributed by atoms with Crippen molar-refractivity contribution in [3.05, 3.63) is 82.3 Å². The maximum absolute atomic E-state index is 14.0. The Labute approximate surface area is 197 Å². The van der Waals surface area contributed by atoms with Crippen LogP contribution in [-0.4, -0.2) is 26.8 Å². The van der Waals surface area contributed by atoms with E-state index in [2.05, 4.69) is 34.5 Å². The van der Waals surface area contributed by atoms with Crippen LogP contribution in [0.3, 0.4) is 0 Å². The summed E-state index contributed by atoms with van der Waals surface area (Å²) in [4.78, 5) is 17.7. The number of anilines is 1. The molecule has 0 saturated carbocycles. The van der Waals surface area contributed by atoms with Gasteiger partial charge in [-0.3, -0.25) is 0 Å². The van der Waals surface area contributed by atoms with E-state index >= 15 is 0 Å². The minimum atomic E-state index is -0.478. The number of aryl methyl sites for hydroxylation is 1. The molecule has 0 radical (unpaired) electrons. The van der Waals surface area contributed by atoms with Gasteiger partial charge in [0.25, 0.3) is 0 Å². The summed E-state index contributed by atoms with van der Waals surface area (Å²) in [6.45, 7) is 7.60. The van der Waals surface area contributed by atoms with E-state index in [9.17, 15) is 9.18 Å². The molecule has 1 aliphatic heterocycles. The predicted molar refractivity (Wildman–Crippen MR) is 127 cm³/mol. The van der Waals surface area contributed by atoms with Gasteiger partial charge in [0.1, 0.15) is 11.9 Å². The molecule has 0 aliphatic carbocycles. The number of hydrogen-bond acceptors (Lipinski definition) is 6. The summed E-state index contributed by atoms with van der Waals surface area (Å²) in [5.74, 6) is 0.299. The molecule has 1 N–H and O–H groups in total. The fourth-order valence-electron chi connectivity index (χ4n) is 3.74. The van der Waals surface area contributed by atoms with Crippen molar-refractivity contribution >= 4 is 23.7 Å². The predicted octanol–water partition coefficient (Wildman–Crippen LogP) is 5.51. The zero-order chi connectivity index (χ0) is 23.5. The van der Waals surface area contributed by atoms with Gasteiger partial charge in [-0.1, -0.05) is 61.2 Å². The first-order chi connectivity index (χ1) is 15.9. The highest BCUT2D eigenvalue weighted by Crippen LogP contribution is 2.37. The van der Waals surface area contributed by atoms with E-state index < -0.39 is 6.04 Å². The summed E-state index contributed by atoms with van der Waals surface area (Å²) in [6.07, 6.45) is 0.680. The maximum Gasteiger partial charge on any atom is 0.338 e. The molecule has 33 heavy (non-hydrogen) atoms. The third-order valence-corrected chi connectivity index (χ3v) is 6.30. The van der Waals surface area contributed by atoms with Gasteiger partial charge in [-0.2, -0.15) is 4.98 Å². The first kappa shape index (κ1) is 23.0. The van der Waals surface area contributed by atoms with Crippen LogP contribution in [0.25, 0.3) is 0 Å².